The van der Waals surface area contributed by atoms with Crippen molar-refractivity contribution in [1.29, 1.82) is 0 Å². The van der Waals surface area contributed by atoms with Gasteiger partial charge in [-0.1, -0.05) is 0 Å². The van der Waals surface area contributed by atoms with E-state index in [1.165, 1.54) is 0 Å². The van der Waals surface area contributed by atoms with E-state index in [2.05, 4.69) is 5.32 Å². The summed E-state index contributed by atoms with van der Waals surface area (Å²) in [6.07, 6.45) is 1.81. The summed E-state index contributed by atoms with van der Waals surface area (Å²) in [5, 5.41) is 3.05. The van der Waals surface area contributed by atoms with E-state index in [0.29, 0.717) is 32.3 Å². The van der Waals surface area contributed by atoms with Gasteiger partial charge in [-0.2, -0.15) is 0 Å². The van der Waals surface area contributed by atoms with Gasteiger partial charge in [0, 0.05) is 0 Å². The Morgan fingerprint density at radius 3 is 2.50 bits per heavy atom. The topological polar surface area (TPSA) is 90.6 Å². The second-order valence-corrected chi connectivity index (χ2v) is 6.53. The van der Waals surface area contributed by atoms with Gasteiger partial charge in [0.1, 0.15) is 0 Å². The van der Waals surface area contributed by atoms with E-state index in [9.17, 15) is 9.36 Å². The first-order chi connectivity index (χ1) is 8.50. The largest absolute Gasteiger partial charge is 0.368 e. The second-order valence-electron chi connectivity index (χ2n) is 4.43. The number of nitrogens with two attached hydrogens (primary N) is 1. The van der Waals surface area contributed by atoms with Crippen LogP contribution in [0, 0.1) is 5.92 Å². The lowest BCUT2D eigenvalue weighted by molar-refractivity contribution is -0.120. The molecule has 0 aromatic heterocycles. The van der Waals surface area contributed by atoms with Crippen LogP contribution >= 0.6 is 7.60 Å². The molecule has 2 atom stereocenters. The zero-order chi connectivity index (χ0) is 13.6. The van der Waals surface area contributed by atoms with Gasteiger partial charge in [0.15, 0.2) is 0 Å². The molecule has 7 heteroatoms. The zero-order valence-corrected chi connectivity index (χ0v) is 11.9. The number of carbonyl (C=O) groups excluding carboxylic acids is 1. The fourth-order valence-electron chi connectivity index (χ4n) is 2.23. The molecule has 1 heterocycles. The summed E-state index contributed by atoms with van der Waals surface area (Å²) >= 11 is 0. The van der Waals surface area contributed by atoms with E-state index in [1.54, 1.807) is 13.8 Å². The van der Waals surface area contributed by atoms with Crippen LogP contribution in [-0.4, -0.2) is 37.9 Å². The quantitative estimate of drug-likeness (QED) is 0.682. The van der Waals surface area contributed by atoms with Crippen LogP contribution in [0.25, 0.3) is 0 Å². The highest BCUT2D eigenvalue weighted by atomic mass is 31.2. The molecule has 0 aromatic carbocycles. The van der Waals surface area contributed by atoms with Crippen LogP contribution in [-0.2, 0) is 18.4 Å². The Balaban J connectivity index is 2.58. The molecule has 6 nitrogen and oxygen atoms in total. The van der Waals surface area contributed by atoms with Crippen molar-refractivity contribution in [1.82, 2.24) is 5.32 Å². The third-order valence-corrected chi connectivity index (χ3v) is 5.26. The normalized spacial score (nSPS) is 25.0. The predicted molar refractivity (Wildman–Crippen MR) is 69.4 cm³/mol. The van der Waals surface area contributed by atoms with Crippen molar-refractivity contribution in [3.8, 4) is 0 Å². The summed E-state index contributed by atoms with van der Waals surface area (Å²) in [5.74, 6) is -0.213. The lowest BCUT2D eigenvalue weighted by atomic mass is 9.98. The molecular weight excluding hydrogens is 257 g/mol. The van der Waals surface area contributed by atoms with E-state index < -0.39 is 7.60 Å². The van der Waals surface area contributed by atoms with E-state index in [1.807, 2.05) is 0 Å². The average molecular weight is 280 g/mol. The van der Waals surface area contributed by atoms with Gasteiger partial charge in [-0.05, 0) is 39.2 Å². The van der Waals surface area contributed by atoms with Crippen LogP contribution in [0.3, 0.4) is 0 Å². The Hall–Kier alpha value is -0.420. The van der Waals surface area contributed by atoms with E-state index >= 15 is 0 Å². The Labute approximate surface area is 108 Å². The van der Waals surface area contributed by atoms with Gasteiger partial charge >= 0.3 is 7.60 Å². The van der Waals surface area contributed by atoms with Crippen LogP contribution in [0.1, 0.15) is 26.7 Å². The van der Waals surface area contributed by atoms with Crippen LogP contribution in [0.15, 0.2) is 0 Å². The Bertz CT molecular complexity index is 314. The van der Waals surface area contributed by atoms with Crippen molar-refractivity contribution >= 4 is 13.5 Å². The minimum atomic E-state index is -3.02. The summed E-state index contributed by atoms with van der Waals surface area (Å²) in [6, 6.07) is -0.333. The van der Waals surface area contributed by atoms with Crippen LogP contribution in [0.2, 0.25) is 0 Å². The Kier molecular flexibility index (Phi) is 6.29. The summed E-state index contributed by atoms with van der Waals surface area (Å²) in [5.41, 5.74) is 5.28. The minimum absolute atomic E-state index is 0.146. The van der Waals surface area contributed by atoms with Crippen molar-refractivity contribution in [2.45, 2.75) is 32.7 Å². The third-order valence-electron chi connectivity index (χ3n) is 2.99. The SMILES string of the molecule is CCOP(=O)(C[C@H]1CCN[C@@H]([14C](N)=O)C1)OCC. The molecule has 0 spiro atoms. The van der Waals surface area contributed by atoms with E-state index in [4.69, 9.17) is 14.8 Å². The van der Waals surface area contributed by atoms with Gasteiger partial charge in [-0.3, -0.25) is 9.36 Å². The maximum absolute atomic E-state index is 12.4. The monoisotopic (exact) mass is 280 g/mol. The Morgan fingerprint density at radius 2 is 2.00 bits per heavy atom. The summed E-state index contributed by atoms with van der Waals surface area (Å²) in [7, 11) is -3.02. The molecule has 0 bridgehead atoms. The van der Waals surface area contributed by atoms with Gasteiger partial charge < -0.3 is 20.1 Å². The molecule has 1 fully saturated rings. The number of rotatable bonds is 7. The number of nitrogens with one attached hydrogen (secondary N) is 1. The van der Waals surface area contributed by atoms with Crippen molar-refractivity contribution < 1.29 is 18.4 Å². The summed E-state index contributed by atoms with van der Waals surface area (Å²) in [4.78, 5) is 11.1. The standard InChI is InChI=1S/C11H23N2O4P/c1-3-16-18(15,17-4-2)8-9-5-6-13-10(7-9)11(12)14/h9-10,13H,3-8H2,1-2H3,(H2,12,14)/t9-,10+/m0/s1/i11+2. The molecule has 0 radical (unpaired) electrons. The highest BCUT2D eigenvalue weighted by Crippen LogP contribution is 2.50. The molecule has 0 unspecified atom stereocenters. The smallest absolute Gasteiger partial charge is 0.330 e. The lowest BCUT2D eigenvalue weighted by Gasteiger charge is -2.30. The zero-order valence-electron chi connectivity index (χ0n) is 11.1. The molecule has 18 heavy (non-hydrogen) atoms. The number of piperidine rings is 1. The van der Waals surface area contributed by atoms with Crippen LogP contribution < -0.4 is 11.1 Å². The minimum Gasteiger partial charge on any atom is -0.368 e. The average Bonchev–Trinajstić information content (AvgIpc) is 2.29. The number of hydrogen-bond donors (Lipinski definition) is 2. The molecule has 0 aliphatic carbocycles. The molecule has 1 saturated heterocycles. The molecule has 106 valence electrons. The second kappa shape index (κ2) is 7.24. The number of amides is 1. The molecule has 1 aliphatic heterocycles. The van der Waals surface area contributed by atoms with Gasteiger partial charge in [0.05, 0.1) is 25.4 Å². The summed E-state index contributed by atoms with van der Waals surface area (Å²) < 4.78 is 22.9. The van der Waals surface area contributed by atoms with Gasteiger partial charge in [-0.25, -0.2) is 0 Å². The number of hydrogen-bond acceptors (Lipinski definition) is 5. The molecule has 1 amide bonds. The van der Waals surface area contributed by atoms with Crippen molar-refractivity contribution in [3.05, 3.63) is 0 Å². The van der Waals surface area contributed by atoms with Gasteiger partial charge in [0.2, 0.25) is 5.91 Å². The van der Waals surface area contributed by atoms with Crippen LogP contribution in [0.4, 0.5) is 0 Å². The van der Waals surface area contributed by atoms with Crippen LogP contribution in [0.5, 0.6) is 0 Å². The first-order valence-electron chi connectivity index (χ1n) is 6.41. The number of carbonyl (C=O) groups is 1. The maximum Gasteiger partial charge on any atom is 0.330 e. The van der Waals surface area contributed by atoms with Gasteiger partial charge in [-0.15, -0.1) is 0 Å². The lowest BCUT2D eigenvalue weighted by Crippen LogP contribution is -2.47. The molecule has 0 saturated carbocycles. The highest BCUT2D eigenvalue weighted by molar-refractivity contribution is 7.53. The fraction of sp³-hybridized carbons (Fsp3) is 0.909. The fourth-order valence-corrected chi connectivity index (χ4v) is 4.27. The molecule has 0 aromatic rings. The maximum atomic E-state index is 12.4. The molecule has 3 N–H and O–H groups in total. The van der Waals surface area contributed by atoms with Crippen molar-refractivity contribution in [3.63, 3.8) is 0 Å². The van der Waals surface area contributed by atoms with Gasteiger partial charge in [0.25, 0.3) is 0 Å². The number of primary amides is 1. The van der Waals surface area contributed by atoms with E-state index in [-0.39, 0.29) is 17.9 Å². The first-order valence-corrected chi connectivity index (χ1v) is 8.14. The molecular formula is C11H23N2O4P. The Morgan fingerprint density at radius 1 is 1.39 bits per heavy atom. The van der Waals surface area contributed by atoms with E-state index in [0.717, 1.165) is 6.42 Å². The third kappa shape index (κ3) is 4.69. The predicted octanol–water partition coefficient (Wildman–Crippen LogP) is 1.11. The first kappa shape index (κ1) is 15.6. The highest BCUT2D eigenvalue weighted by Gasteiger charge is 2.33. The molecule has 1 rings (SSSR count). The van der Waals surface area contributed by atoms with Crippen molar-refractivity contribution in [2.24, 2.45) is 11.7 Å². The van der Waals surface area contributed by atoms with Crippen molar-refractivity contribution in [2.75, 3.05) is 25.9 Å². The summed E-state index contributed by atoms with van der Waals surface area (Å²) in [6.45, 7) is 5.01. The molecule has 1 aliphatic rings.